The summed E-state index contributed by atoms with van der Waals surface area (Å²) < 4.78 is 15.3. The maximum atomic E-state index is 5.50. The van der Waals surface area contributed by atoms with Crippen LogP contribution in [0.3, 0.4) is 0 Å². The second kappa shape index (κ2) is 15.1. The van der Waals surface area contributed by atoms with Gasteiger partial charge in [0.25, 0.3) is 0 Å². The molecule has 7 rings (SSSR count). The topological polar surface area (TPSA) is 18.5 Å². The summed E-state index contributed by atoms with van der Waals surface area (Å²) >= 11 is -3.13. The molecular weight excluding hydrogens is 798 g/mol. The van der Waals surface area contributed by atoms with E-state index in [9.17, 15) is 0 Å². The Morgan fingerprint density at radius 1 is 0.583 bits per heavy atom. The molecule has 5 heteroatoms. The van der Waals surface area contributed by atoms with Crippen LogP contribution in [0.15, 0.2) is 96.1 Å². The first kappa shape index (κ1) is 36.7. The summed E-state index contributed by atoms with van der Waals surface area (Å²) in [6, 6.07) is 31.7. The van der Waals surface area contributed by atoms with Crippen LogP contribution in [0.25, 0.3) is 34.4 Å². The Morgan fingerprint density at radius 3 is 1.29 bits per heavy atom. The largest absolute Gasteiger partial charge is 0.147 e. The zero-order valence-corrected chi connectivity index (χ0v) is 34.4. The van der Waals surface area contributed by atoms with Crippen LogP contribution in [0, 0.1) is 11.8 Å². The van der Waals surface area contributed by atoms with Gasteiger partial charge >= 0.3 is 282 Å². The van der Waals surface area contributed by atoms with Gasteiger partial charge in [0.05, 0.1) is 0 Å². The molecule has 0 aromatic heterocycles. The Balaban J connectivity index is 0.00000225. The number of allylic oxidation sites excluding steroid dienone is 2. The predicted octanol–water partition coefficient (Wildman–Crippen LogP) is 12.9. The van der Waals surface area contributed by atoms with Crippen LogP contribution in [-0.4, -0.2) is 14.2 Å². The molecule has 1 fully saturated rings. The fourth-order valence-electron chi connectivity index (χ4n) is 8.96. The SMILES string of the molecule is COc1ccc(-c2cccc3c2C=C(CC(C)C)[CH]3[Hf]2([CH]3C(CC(C)C)=Cc4c(-c5ccc(OC)cc5)cccc43)[CH2]C[CH2]2)cc1.Cl.Cl. The summed E-state index contributed by atoms with van der Waals surface area (Å²) in [7, 11) is 3.49. The van der Waals surface area contributed by atoms with Crippen LogP contribution < -0.4 is 9.47 Å². The molecule has 4 aromatic carbocycles. The normalized spacial score (nSPS) is 18.6. The zero-order chi connectivity index (χ0) is 32.0. The van der Waals surface area contributed by atoms with E-state index in [1.807, 2.05) is 0 Å². The number of methoxy groups -OCH3 is 2. The summed E-state index contributed by atoms with van der Waals surface area (Å²) in [6.45, 7) is 9.63. The van der Waals surface area contributed by atoms with E-state index in [1.165, 1.54) is 61.0 Å². The van der Waals surface area contributed by atoms with Gasteiger partial charge in [-0.2, -0.15) is 0 Å². The number of rotatable bonds is 10. The monoisotopic (exact) mass is 848 g/mol. The molecule has 0 saturated carbocycles. The first-order valence-electron chi connectivity index (χ1n) is 17.3. The van der Waals surface area contributed by atoms with Gasteiger partial charge in [-0.3, -0.25) is 0 Å². The molecule has 0 bridgehead atoms. The van der Waals surface area contributed by atoms with Crippen LogP contribution in [0.1, 0.15) is 76.6 Å². The first-order valence-corrected chi connectivity index (χ1v) is 26.5. The maximum absolute atomic E-state index is 5.50. The minimum atomic E-state index is -3.13. The molecule has 0 amide bonds. The summed E-state index contributed by atoms with van der Waals surface area (Å²) in [4.78, 5) is 0. The molecule has 2 aliphatic carbocycles. The third-order valence-corrected chi connectivity index (χ3v) is 33.2. The quantitative estimate of drug-likeness (QED) is 0.148. The Bertz CT molecular complexity index is 1670. The predicted molar refractivity (Wildman–Crippen MR) is 206 cm³/mol. The molecule has 0 spiro atoms. The van der Waals surface area contributed by atoms with Crippen LogP contribution in [0.5, 0.6) is 11.5 Å². The summed E-state index contributed by atoms with van der Waals surface area (Å²) in [5.41, 5.74) is 15.0. The second-order valence-corrected chi connectivity index (χ2v) is 31.3. The fraction of sp³-hybridized carbons (Fsp3) is 0.349. The van der Waals surface area contributed by atoms with E-state index in [-0.39, 0.29) is 24.8 Å². The average Bonchev–Trinajstić information content (AvgIpc) is 3.58. The van der Waals surface area contributed by atoms with Crippen molar-refractivity contribution in [3.63, 3.8) is 0 Å². The van der Waals surface area contributed by atoms with Crippen LogP contribution >= 0.6 is 24.8 Å². The first-order chi connectivity index (χ1) is 22.3. The van der Waals surface area contributed by atoms with Gasteiger partial charge in [0, 0.05) is 0 Å². The van der Waals surface area contributed by atoms with E-state index in [1.54, 1.807) is 36.5 Å². The average molecular weight is 848 g/mol. The van der Waals surface area contributed by atoms with Crippen molar-refractivity contribution in [2.24, 2.45) is 11.8 Å². The number of halogens is 2. The fourth-order valence-corrected chi connectivity index (χ4v) is 31.5. The van der Waals surface area contributed by atoms with E-state index >= 15 is 0 Å². The summed E-state index contributed by atoms with van der Waals surface area (Å²) in [5, 5.41) is 0. The van der Waals surface area contributed by atoms with E-state index in [4.69, 9.17) is 9.47 Å². The van der Waals surface area contributed by atoms with Crippen molar-refractivity contribution in [3.05, 3.63) is 118 Å². The van der Waals surface area contributed by atoms with Crippen molar-refractivity contribution in [1.82, 2.24) is 0 Å². The standard InChI is InChI=1S/2C20H21O.C3H6.2ClH.Hf/c2*1-14(2)11-15-12-17-5-4-6-19(20(17)13-15)16-7-9-18(21-3)10-8-16;1-3-2;;;/h2*4-10,12-14H,11H2,1-3H3;1-3H2;2*1H;. The van der Waals surface area contributed by atoms with Gasteiger partial charge < -0.3 is 0 Å². The van der Waals surface area contributed by atoms with Crippen molar-refractivity contribution in [1.29, 1.82) is 0 Å². The van der Waals surface area contributed by atoms with Gasteiger partial charge in [0.1, 0.15) is 0 Å². The third-order valence-electron chi connectivity index (χ3n) is 10.8. The minimum Gasteiger partial charge on any atom is -0.147 e. The number of ether oxygens (including phenoxy) is 2. The van der Waals surface area contributed by atoms with Crippen LogP contribution in [0.4, 0.5) is 0 Å². The summed E-state index contributed by atoms with van der Waals surface area (Å²) in [6.07, 6.45) is 9.08. The number of benzene rings is 4. The molecule has 48 heavy (non-hydrogen) atoms. The van der Waals surface area contributed by atoms with Gasteiger partial charge in [-0.25, -0.2) is 0 Å². The molecule has 0 radical (unpaired) electrons. The van der Waals surface area contributed by atoms with Crippen molar-refractivity contribution in [3.8, 4) is 33.8 Å². The summed E-state index contributed by atoms with van der Waals surface area (Å²) in [5.74, 6) is 3.10. The number of fused-ring (bicyclic) bond motifs is 2. The van der Waals surface area contributed by atoms with Gasteiger partial charge in [0.15, 0.2) is 0 Å². The van der Waals surface area contributed by atoms with Crippen molar-refractivity contribution in [2.75, 3.05) is 14.2 Å². The number of hydrogen-bond donors (Lipinski definition) is 0. The maximum Gasteiger partial charge on any atom is -0.147 e. The molecule has 4 aromatic rings. The van der Waals surface area contributed by atoms with E-state index in [0.717, 1.165) is 11.5 Å². The Kier molecular flexibility index (Phi) is 11.6. The van der Waals surface area contributed by atoms with Gasteiger partial charge in [-0.15, -0.1) is 24.8 Å². The van der Waals surface area contributed by atoms with Gasteiger partial charge in [0.2, 0.25) is 0 Å². The molecule has 2 atom stereocenters. The Morgan fingerprint density at radius 2 is 0.979 bits per heavy atom. The molecule has 1 saturated heterocycles. The van der Waals surface area contributed by atoms with Gasteiger partial charge in [-0.1, -0.05) is 0 Å². The molecule has 1 aliphatic heterocycles. The molecule has 0 N–H and O–H groups in total. The Labute approximate surface area is 305 Å². The number of hydrogen-bond acceptors (Lipinski definition) is 2. The molecule has 2 nitrogen and oxygen atoms in total. The van der Waals surface area contributed by atoms with E-state index in [2.05, 4.69) is 125 Å². The molecular formula is C43H50Cl2HfO2. The molecule has 1 heterocycles. The van der Waals surface area contributed by atoms with Crippen LogP contribution in [-0.2, 0) is 20.0 Å². The third kappa shape index (κ3) is 6.52. The van der Waals surface area contributed by atoms with Crippen molar-refractivity contribution >= 4 is 37.0 Å². The second-order valence-electron chi connectivity index (χ2n) is 14.7. The van der Waals surface area contributed by atoms with E-state index in [0.29, 0.717) is 19.2 Å². The zero-order valence-electron chi connectivity index (χ0n) is 29.2. The minimum absolute atomic E-state index is 0. The molecule has 252 valence electrons. The van der Waals surface area contributed by atoms with E-state index < -0.39 is 20.0 Å². The van der Waals surface area contributed by atoms with Gasteiger partial charge in [-0.05, 0) is 0 Å². The molecule has 2 unspecified atom stereocenters. The van der Waals surface area contributed by atoms with Crippen molar-refractivity contribution in [2.45, 2.75) is 62.7 Å². The Hall–Kier alpha value is -2.59. The smallest absolute Gasteiger partial charge is 0.147 e. The van der Waals surface area contributed by atoms with Crippen LogP contribution in [0.2, 0.25) is 8.35 Å². The van der Waals surface area contributed by atoms with Crippen molar-refractivity contribution < 1.29 is 29.4 Å². The molecule has 3 aliphatic rings.